The molecule has 0 radical (unpaired) electrons. The minimum Gasteiger partial charge on any atom is -0.389 e. The van der Waals surface area contributed by atoms with Gasteiger partial charge in [-0.1, -0.05) is 6.07 Å². The summed E-state index contributed by atoms with van der Waals surface area (Å²) in [6.07, 6.45) is 3.35. The van der Waals surface area contributed by atoms with Gasteiger partial charge in [0.15, 0.2) is 5.82 Å². The lowest BCUT2D eigenvalue weighted by Gasteiger charge is -2.38. The minimum absolute atomic E-state index is 0.243. The highest BCUT2D eigenvalue weighted by molar-refractivity contribution is 5.59. The largest absolute Gasteiger partial charge is 0.389 e. The van der Waals surface area contributed by atoms with Gasteiger partial charge < -0.3 is 15.3 Å². The first kappa shape index (κ1) is 13.6. The van der Waals surface area contributed by atoms with Crippen molar-refractivity contribution in [1.29, 1.82) is 0 Å². The third kappa shape index (κ3) is 2.44. The normalized spacial score (nSPS) is 18.5. The highest BCUT2D eigenvalue weighted by Gasteiger charge is 2.30. The van der Waals surface area contributed by atoms with Gasteiger partial charge >= 0.3 is 0 Å². The van der Waals surface area contributed by atoms with E-state index in [-0.39, 0.29) is 6.10 Å². The molecular formula is C16H19N5O. The maximum atomic E-state index is 9.62. The zero-order valence-electron chi connectivity index (χ0n) is 12.4. The highest BCUT2D eigenvalue weighted by Crippen LogP contribution is 2.29. The summed E-state index contributed by atoms with van der Waals surface area (Å²) >= 11 is 0. The van der Waals surface area contributed by atoms with Crippen LogP contribution in [0.2, 0.25) is 0 Å². The van der Waals surface area contributed by atoms with Crippen LogP contribution in [0.5, 0.6) is 0 Å². The van der Waals surface area contributed by atoms with Gasteiger partial charge in [0, 0.05) is 37.8 Å². The summed E-state index contributed by atoms with van der Waals surface area (Å²) in [5, 5.41) is 13.0. The molecule has 1 saturated heterocycles. The molecule has 0 aromatic carbocycles. The SMILES string of the molecule is OC1CN(c2nc(-c3ccccn3)nc3c2CCNCC3)C1. The van der Waals surface area contributed by atoms with Crippen LogP contribution in [0.15, 0.2) is 24.4 Å². The van der Waals surface area contributed by atoms with Crippen molar-refractivity contribution in [3.8, 4) is 11.5 Å². The number of rotatable bonds is 2. The molecule has 1 fully saturated rings. The number of aromatic nitrogens is 3. The Morgan fingerprint density at radius 2 is 2.00 bits per heavy atom. The summed E-state index contributed by atoms with van der Waals surface area (Å²) in [4.78, 5) is 16.0. The Labute approximate surface area is 129 Å². The number of fused-ring (bicyclic) bond motifs is 1. The molecule has 0 spiro atoms. The zero-order valence-corrected chi connectivity index (χ0v) is 12.4. The lowest BCUT2D eigenvalue weighted by molar-refractivity contribution is 0.141. The molecule has 0 aliphatic carbocycles. The second-order valence-electron chi connectivity index (χ2n) is 5.82. The Morgan fingerprint density at radius 1 is 1.14 bits per heavy atom. The van der Waals surface area contributed by atoms with Crippen molar-refractivity contribution in [2.45, 2.75) is 18.9 Å². The van der Waals surface area contributed by atoms with E-state index in [0.717, 1.165) is 43.1 Å². The first-order valence-electron chi connectivity index (χ1n) is 7.76. The summed E-state index contributed by atoms with van der Waals surface area (Å²) in [6, 6.07) is 5.78. The van der Waals surface area contributed by atoms with Gasteiger partial charge in [0.2, 0.25) is 0 Å². The monoisotopic (exact) mass is 297 g/mol. The third-order valence-electron chi connectivity index (χ3n) is 4.22. The van der Waals surface area contributed by atoms with Crippen molar-refractivity contribution < 1.29 is 5.11 Å². The average Bonchev–Trinajstić information content (AvgIpc) is 2.77. The van der Waals surface area contributed by atoms with E-state index in [2.05, 4.69) is 15.2 Å². The van der Waals surface area contributed by atoms with Crippen molar-refractivity contribution in [3.63, 3.8) is 0 Å². The van der Waals surface area contributed by atoms with Crippen LogP contribution in [0, 0.1) is 0 Å². The maximum absolute atomic E-state index is 9.62. The first-order chi connectivity index (χ1) is 10.8. The van der Waals surface area contributed by atoms with Crippen LogP contribution in [0.25, 0.3) is 11.5 Å². The molecule has 4 heterocycles. The third-order valence-corrected chi connectivity index (χ3v) is 4.22. The average molecular weight is 297 g/mol. The second kappa shape index (κ2) is 5.62. The van der Waals surface area contributed by atoms with Gasteiger partial charge in [-0.3, -0.25) is 4.98 Å². The minimum atomic E-state index is -0.243. The molecule has 4 rings (SSSR count). The molecule has 0 bridgehead atoms. The molecule has 2 N–H and O–H groups in total. The van der Waals surface area contributed by atoms with Gasteiger partial charge in [-0.05, 0) is 25.1 Å². The van der Waals surface area contributed by atoms with E-state index in [9.17, 15) is 5.11 Å². The van der Waals surface area contributed by atoms with Gasteiger partial charge in [-0.2, -0.15) is 0 Å². The number of hydrogen-bond donors (Lipinski definition) is 2. The fourth-order valence-electron chi connectivity index (χ4n) is 3.02. The highest BCUT2D eigenvalue weighted by atomic mass is 16.3. The lowest BCUT2D eigenvalue weighted by atomic mass is 10.1. The van der Waals surface area contributed by atoms with Gasteiger partial charge in [0.1, 0.15) is 11.5 Å². The van der Waals surface area contributed by atoms with Crippen molar-refractivity contribution in [2.75, 3.05) is 31.1 Å². The molecule has 114 valence electrons. The number of hydrogen-bond acceptors (Lipinski definition) is 6. The Balaban J connectivity index is 1.80. The zero-order chi connectivity index (χ0) is 14.9. The van der Waals surface area contributed by atoms with E-state index in [0.29, 0.717) is 18.9 Å². The van der Waals surface area contributed by atoms with E-state index < -0.39 is 0 Å². The predicted molar refractivity (Wildman–Crippen MR) is 83.8 cm³/mol. The van der Waals surface area contributed by atoms with Gasteiger partial charge in [-0.25, -0.2) is 9.97 Å². The van der Waals surface area contributed by atoms with Crippen LogP contribution in [0.4, 0.5) is 5.82 Å². The van der Waals surface area contributed by atoms with Crippen molar-refractivity contribution in [2.24, 2.45) is 0 Å². The summed E-state index contributed by atoms with van der Waals surface area (Å²) < 4.78 is 0. The van der Waals surface area contributed by atoms with Crippen LogP contribution >= 0.6 is 0 Å². The summed E-state index contributed by atoms with van der Waals surface area (Å²) in [5.74, 6) is 1.65. The molecule has 2 aromatic rings. The van der Waals surface area contributed by atoms with E-state index >= 15 is 0 Å². The van der Waals surface area contributed by atoms with Crippen LogP contribution in [-0.2, 0) is 12.8 Å². The fraction of sp³-hybridized carbons (Fsp3) is 0.438. The number of nitrogens with zero attached hydrogens (tertiary/aromatic N) is 4. The number of aliphatic hydroxyl groups is 1. The first-order valence-corrected chi connectivity index (χ1v) is 7.76. The standard InChI is InChI=1S/C16H19N5O/c22-11-9-21(10-11)16-12-4-7-17-8-5-13(12)19-15(20-16)14-3-1-2-6-18-14/h1-3,6,11,17,22H,4-5,7-10H2. The molecule has 6 nitrogen and oxygen atoms in total. The Bertz CT molecular complexity index is 670. The summed E-state index contributed by atoms with van der Waals surface area (Å²) in [7, 11) is 0. The molecule has 0 unspecified atom stereocenters. The Morgan fingerprint density at radius 3 is 2.77 bits per heavy atom. The molecule has 2 aromatic heterocycles. The van der Waals surface area contributed by atoms with Crippen molar-refractivity contribution in [3.05, 3.63) is 35.7 Å². The van der Waals surface area contributed by atoms with Crippen molar-refractivity contribution >= 4 is 5.82 Å². The smallest absolute Gasteiger partial charge is 0.180 e. The molecule has 0 saturated carbocycles. The van der Waals surface area contributed by atoms with Crippen molar-refractivity contribution in [1.82, 2.24) is 20.3 Å². The molecule has 0 amide bonds. The quantitative estimate of drug-likeness (QED) is 0.836. The molecule has 22 heavy (non-hydrogen) atoms. The second-order valence-corrected chi connectivity index (χ2v) is 5.82. The van der Waals surface area contributed by atoms with Crippen LogP contribution < -0.4 is 10.2 Å². The van der Waals surface area contributed by atoms with Crippen LogP contribution in [-0.4, -0.2) is 52.3 Å². The van der Waals surface area contributed by atoms with Gasteiger partial charge in [0.05, 0.1) is 11.8 Å². The predicted octanol–water partition coefficient (Wildman–Crippen LogP) is 0.408. The number of β-amino-alcohol motifs (C(OH)–C–C–N with tert-alkyl or cyclic N) is 1. The number of nitrogens with one attached hydrogen (secondary N) is 1. The fourth-order valence-corrected chi connectivity index (χ4v) is 3.02. The number of aliphatic hydroxyl groups excluding tert-OH is 1. The Kier molecular flexibility index (Phi) is 3.48. The van der Waals surface area contributed by atoms with Crippen LogP contribution in [0.3, 0.4) is 0 Å². The van der Waals surface area contributed by atoms with E-state index in [4.69, 9.17) is 9.97 Å². The topological polar surface area (TPSA) is 74.2 Å². The molecule has 2 aliphatic heterocycles. The van der Waals surface area contributed by atoms with E-state index in [1.54, 1.807) is 6.20 Å². The van der Waals surface area contributed by atoms with E-state index in [1.165, 1.54) is 5.56 Å². The van der Waals surface area contributed by atoms with Crippen LogP contribution in [0.1, 0.15) is 11.3 Å². The Hall–Kier alpha value is -2.05. The molecule has 2 aliphatic rings. The summed E-state index contributed by atoms with van der Waals surface area (Å²) in [6.45, 7) is 3.19. The van der Waals surface area contributed by atoms with Gasteiger partial charge in [0.25, 0.3) is 0 Å². The molecule has 6 heteroatoms. The lowest BCUT2D eigenvalue weighted by Crippen LogP contribution is -2.51. The molecular weight excluding hydrogens is 278 g/mol. The molecule has 0 atom stereocenters. The number of pyridine rings is 1. The maximum Gasteiger partial charge on any atom is 0.180 e. The number of anilines is 1. The van der Waals surface area contributed by atoms with Gasteiger partial charge in [-0.15, -0.1) is 0 Å². The van der Waals surface area contributed by atoms with E-state index in [1.807, 2.05) is 18.2 Å². The summed E-state index contributed by atoms with van der Waals surface area (Å²) in [5.41, 5.74) is 3.12.